The molecule has 2 amide bonds. The Morgan fingerprint density at radius 2 is 1.68 bits per heavy atom. The lowest BCUT2D eigenvalue weighted by molar-refractivity contribution is -0.120. The fraction of sp³-hybridized carbons (Fsp3) is 0.207. The van der Waals surface area contributed by atoms with E-state index in [1.165, 1.54) is 31.0 Å². The minimum absolute atomic E-state index is 0.118. The summed E-state index contributed by atoms with van der Waals surface area (Å²) in [7, 11) is 1.50. The maximum Gasteiger partial charge on any atom is 0.338 e. The van der Waals surface area contributed by atoms with E-state index in [9.17, 15) is 14.4 Å². The molecule has 0 aromatic heterocycles. The maximum atomic E-state index is 13.7. The molecule has 7 nitrogen and oxygen atoms in total. The number of hydrogen-bond acceptors (Lipinski definition) is 7. The van der Waals surface area contributed by atoms with Crippen LogP contribution in [-0.2, 0) is 14.3 Å². The Balaban J connectivity index is 1.71. The Morgan fingerprint density at radius 3 is 2.32 bits per heavy atom. The fourth-order valence-corrected chi connectivity index (χ4v) is 4.84. The largest absolute Gasteiger partial charge is 0.495 e. The molecule has 3 aromatic carbocycles. The number of benzene rings is 3. The molecule has 196 valence electrons. The number of nitrogens with zero attached hydrogens (tertiary/aromatic N) is 1. The van der Waals surface area contributed by atoms with Gasteiger partial charge in [0.05, 0.1) is 30.7 Å². The number of anilines is 2. The number of hydrogen-bond donors (Lipinski definition) is 1. The van der Waals surface area contributed by atoms with Crippen LogP contribution in [0.1, 0.15) is 34.8 Å². The van der Waals surface area contributed by atoms with Gasteiger partial charge in [-0.15, -0.1) is 0 Å². The molecule has 1 N–H and O–H groups in total. The summed E-state index contributed by atoms with van der Waals surface area (Å²) < 4.78 is 10.6. The minimum Gasteiger partial charge on any atom is -0.495 e. The van der Waals surface area contributed by atoms with Crippen molar-refractivity contribution in [3.63, 3.8) is 0 Å². The van der Waals surface area contributed by atoms with Crippen molar-refractivity contribution in [3.05, 3.63) is 93.0 Å². The van der Waals surface area contributed by atoms with E-state index >= 15 is 0 Å². The van der Waals surface area contributed by atoms with Gasteiger partial charge in [0.1, 0.15) is 16.4 Å². The lowest BCUT2D eigenvalue weighted by Gasteiger charge is -2.16. The molecular formula is C29H27ClN2O5S. The van der Waals surface area contributed by atoms with Gasteiger partial charge in [0.25, 0.3) is 11.8 Å². The normalized spacial score (nSPS) is 13.2. The molecule has 0 atom stereocenters. The minimum atomic E-state index is -0.527. The number of nitrogens with one attached hydrogen (secondary N) is 1. The second-order valence-corrected chi connectivity index (χ2v) is 10.2. The highest BCUT2D eigenvalue weighted by Crippen LogP contribution is 2.40. The van der Waals surface area contributed by atoms with Crippen molar-refractivity contribution in [3.8, 4) is 5.75 Å². The summed E-state index contributed by atoms with van der Waals surface area (Å²) in [6.45, 7) is 6.04. The van der Waals surface area contributed by atoms with Crippen LogP contribution in [0.5, 0.6) is 5.75 Å². The van der Waals surface area contributed by atoms with Gasteiger partial charge in [0.2, 0.25) is 0 Å². The van der Waals surface area contributed by atoms with Gasteiger partial charge in [-0.3, -0.25) is 9.59 Å². The third kappa shape index (κ3) is 5.71. The first-order valence-corrected chi connectivity index (χ1v) is 13.2. The van der Waals surface area contributed by atoms with Crippen molar-refractivity contribution in [1.82, 2.24) is 0 Å². The van der Waals surface area contributed by atoms with Crippen molar-refractivity contribution >= 4 is 52.5 Å². The van der Waals surface area contributed by atoms with Crippen molar-refractivity contribution in [2.45, 2.75) is 32.1 Å². The molecule has 9 heteroatoms. The van der Waals surface area contributed by atoms with Crippen LogP contribution < -0.4 is 15.0 Å². The average molecular weight is 551 g/mol. The van der Waals surface area contributed by atoms with Gasteiger partial charge in [0, 0.05) is 16.0 Å². The highest BCUT2D eigenvalue weighted by atomic mass is 35.5. The average Bonchev–Trinajstić information content (AvgIpc) is 3.14. The van der Waals surface area contributed by atoms with E-state index in [-0.39, 0.29) is 10.6 Å². The first kappa shape index (κ1) is 27.3. The molecule has 1 aliphatic rings. The van der Waals surface area contributed by atoms with Gasteiger partial charge >= 0.3 is 5.97 Å². The van der Waals surface area contributed by atoms with Crippen LogP contribution in [0.2, 0.25) is 5.02 Å². The van der Waals surface area contributed by atoms with E-state index in [0.717, 1.165) is 20.9 Å². The molecule has 1 aliphatic heterocycles. The quantitative estimate of drug-likeness (QED) is 0.240. The summed E-state index contributed by atoms with van der Waals surface area (Å²) in [4.78, 5) is 41.7. The van der Waals surface area contributed by atoms with Crippen LogP contribution in [0.4, 0.5) is 11.4 Å². The molecule has 0 unspecified atom stereocenters. The Bertz CT molecular complexity index is 1420. The Kier molecular flexibility index (Phi) is 8.44. The van der Waals surface area contributed by atoms with Gasteiger partial charge < -0.3 is 14.8 Å². The number of aryl methyl sites for hydroxylation is 2. The van der Waals surface area contributed by atoms with E-state index in [1.807, 2.05) is 45.0 Å². The lowest BCUT2D eigenvalue weighted by atomic mass is 10.2. The molecule has 0 saturated heterocycles. The summed E-state index contributed by atoms with van der Waals surface area (Å²) in [5, 5.41) is 3.65. The van der Waals surface area contributed by atoms with Crippen molar-refractivity contribution in [2.75, 3.05) is 23.9 Å². The molecule has 4 rings (SSSR count). The SMILES string of the molecule is CCCOC(=O)c1ccc(N2C(=O)C(Nc3cc(C)c(Cl)cc3OC)=C(Sc3ccc(C)cc3)C2=O)cc1. The number of methoxy groups -OCH3 is 1. The number of rotatable bonds is 9. The third-order valence-electron chi connectivity index (χ3n) is 5.82. The molecule has 3 aromatic rings. The van der Waals surface area contributed by atoms with Crippen molar-refractivity contribution in [1.29, 1.82) is 0 Å². The van der Waals surface area contributed by atoms with Gasteiger partial charge in [-0.25, -0.2) is 9.69 Å². The highest BCUT2D eigenvalue weighted by Gasteiger charge is 2.40. The molecule has 38 heavy (non-hydrogen) atoms. The van der Waals surface area contributed by atoms with Crippen LogP contribution in [-0.4, -0.2) is 31.5 Å². The summed E-state index contributed by atoms with van der Waals surface area (Å²) in [6, 6.07) is 17.3. The highest BCUT2D eigenvalue weighted by molar-refractivity contribution is 8.04. The summed E-state index contributed by atoms with van der Waals surface area (Å²) in [5.41, 5.74) is 3.15. The number of halogens is 1. The molecule has 0 spiro atoms. The first-order valence-electron chi connectivity index (χ1n) is 12.0. The van der Waals surface area contributed by atoms with Gasteiger partial charge in [-0.1, -0.05) is 48.0 Å². The number of esters is 1. The van der Waals surface area contributed by atoms with E-state index in [1.54, 1.807) is 24.3 Å². The first-order chi connectivity index (χ1) is 18.2. The van der Waals surface area contributed by atoms with Crippen molar-refractivity contribution < 1.29 is 23.9 Å². The number of carbonyl (C=O) groups excluding carboxylic acids is 3. The van der Waals surface area contributed by atoms with Gasteiger partial charge in [-0.2, -0.15) is 0 Å². The number of amides is 2. The second kappa shape index (κ2) is 11.8. The van der Waals surface area contributed by atoms with Crippen LogP contribution in [0.25, 0.3) is 0 Å². The smallest absolute Gasteiger partial charge is 0.338 e. The predicted octanol–water partition coefficient (Wildman–Crippen LogP) is 6.52. The molecule has 0 fully saturated rings. The van der Waals surface area contributed by atoms with Crippen molar-refractivity contribution in [2.24, 2.45) is 0 Å². The maximum absolute atomic E-state index is 13.7. The zero-order valence-electron chi connectivity index (χ0n) is 21.5. The standard InChI is InChI=1S/C29H27ClN2O5S/c1-5-14-37-29(35)19-8-10-20(11-9-19)32-27(33)25(31-23-15-18(3)22(30)16-24(23)36-4)26(28(32)34)38-21-12-6-17(2)7-13-21/h6-13,15-16,31H,5,14H2,1-4H3. The molecule has 1 heterocycles. The van der Waals surface area contributed by atoms with E-state index in [4.69, 9.17) is 21.1 Å². The fourth-order valence-electron chi connectivity index (χ4n) is 3.76. The number of carbonyl (C=O) groups is 3. The molecular weight excluding hydrogens is 524 g/mol. The summed E-state index contributed by atoms with van der Waals surface area (Å²) in [5.74, 6) is -1.03. The zero-order chi connectivity index (χ0) is 27.4. The van der Waals surface area contributed by atoms with Crippen LogP contribution in [0, 0.1) is 13.8 Å². The number of thioether (sulfide) groups is 1. The van der Waals surface area contributed by atoms with Gasteiger partial charge in [-0.05, 0) is 68.3 Å². The molecule has 0 saturated carbocycles. The monoisotopic (exact) mass is 550 g/mol. The molecule has 0 aliphatic carbocycles. The van der Waals surface area contributed by atoms with E-state index < -0.39 is 17.8 Å². The van der Waals surface area contributed by atoms with Crippen LogP contribution in [0.15, 0.2) is 76.2 Å². The van der Waals surface area contributed by atoms with E-state index in [0.29, 0.717) is 40.7 Å². The predicted molar refractivity (Wildman–Crippen MR) is 150 cm³/mol. The topological polar surface area (TPSA) is 84.9 Å². The van der Waals surface area contributed by atoms with Gasteiger partial charge in [0.15, 0.2) is 0 Å². The Morgan fingerprint density at radius 1 is 1.00 bits per heavy atom. The Hall–Kier alpha value is -3.75. The van der Waals surface area contributed by atoms with E-state index in [2.05, 4.69) is 5.32 Å². The molecule has 0 radical (unpaired) electrons. The van der Waals surface area contributed by atoms with Crippen LogP contribution in [0.3, 0.4) is 0 Å². The summed E-state index contributed by atoms with van der Waals surface area (Å²) >= 11 is 7.46. The number of imide groups is 1. The third-order valence-corrected chi connectivity index (χ3v) is 7.32. The second-order valence-electron chi connectivity index (χ2n) is 8.67. The zero-order valence-corrected chi connectivity index (χ0v) is 23.0. The summed E-state index contributed by atoms with van der Waals surface area (Å²) in [6.07, 6.45) is 0.710. The Labute approximate surface area is 230 Å². The lowest BCUT2D eigenvalue weighted by Crippen LogP contribution is -2.32. The molecule has 0 bridgehead atoms. The number of ether oxygens (including phenoxy) is 2. The van der Waals surface area contributed by atoms with Crippen LogP contribution >= 0.6 is 23.4 Å².